The maximum Gasteiger partial charge on any atom is 0.325 e. The molecule has 2 aliphatic heterocycles. The zero-order chi connectivity index (χ0) is 17.3. The zero-order valence-electron chi connectivity index (χ0n) is 13.5. The minimum Gasteiger partial charge on any atom is -0.454 e. The number of amides is 4. The second-order valence-corrected chi connectivity index (χ2v) is 5.97. The number of hydrogen-bond acceptors (Lipinski definition) is 5. The lowest BCUT2D eigenvalue weighted by atomic mass is 9.92. The van der Waals surface area contributed by atoms with Crippen molar-refractivity contribution in [2.75, 3.05) is 19.9 Å². The molecule has 1 fully saturated rings. The van der Waals surface area contributed by atoms with Gasteiger partial charge in [-0.1, -0.05) is 6.07 Å². The highest BCUT2D eigenvalue weighted by Gasteiger charge is 2.48. The second kappa shape index (κ2) is 6.03. The van der Waals surface area contributed by atoms with E-state index in [0.717, 1.165) is 10.5 Å². The van der Waals surface area contributed by atoms with E-state index in [-0.39, 0.29) is 19.2 Å². The number of fused-ring (bicyclic) bond motifs is 1. The first-order valence-electron chi connectivity index (χ1n) is 7.72. The van der Waals surface area contributed by atoms with E-state index in [1.807, 2.05) is 6.07 Å². The molecule has 0 unspecified atom stereocenters. The van der Waals surface area contributed by atoms with E-state index >= 15 is 0 Å². The van der Waals surface area contributed by atoms with Crippen LogP contribution in [0.2, 0.25) is 0 Å². The van der Waals surface area contributed by atoms with Gasteiger partial charge in [0.05, 0.1) is 0 Å². The van der Waals surface area contributed by atoms with Gasteiger partial charge in [0.2, 0.25) is 12.7 Å². The number of benzene rings is 1. The maximum absolute atomic E-state index is 12.6. The third-order valence-electron chi connectivity index (χ3n) is 4.02. The molecular weight excluding hydrogens is 314 g/mol. The lowest BCUT2D eigenvalue weighted by Crippen LogP contribution is -2.46. The normalized spacial score (nSPS) is 21.8. The van der Waals surface area contributed by atoms with Crippen molar-refractivity contribution in [1.82, 2.24) is 15.5 Å². The second-order valence-electron chi connectivity index (χ2n) is 5.97. The van der Waals surface area contributed by atoms with Crippen molar-refractivity contribution in [2.45, 2.75) is 25.8 Å². The van der Waals surface area contributed by atoms with Gasteiger partial charge in [0.15, 0.2) is 11.5 Å². The van der Waals surface area contributed by atoms with Crippen molar-refractivity contribution in [1.29, 1.82) is 0 Å². The van der Waals surface area contributed by atoms with Crippen LogP contribution in [-0.4, -0.2) is 48.2 Å². The predicted octanol–water partition coefficient (Wildman–Crippen LogP) is 0.404. The smallest absolute Gasteiger partial charge is 0.325 e. The summed E-state index contributed by atoms with van der Waals surface area (Å²) in [5.41, 5.74) is -0.271. The molecule has 2 N–H and O–H groups in total. The molecule has 3 rings (SSSR count). The van der Waals surface area contributed by atoms with Gasteiger partial charge >= 0.3 is 6.03 Å². The molecule has 0 radical (unpaired) electrons. The molecule has 0 spiro atoms. The molecule has 8 nitrogen and oxygen atoms in total. The number of urea groups is 1. The molecule has 1 atom stereocenters. The number of carbonyl (C=O) groups is 3. The number of hydrogen-bond donors (Lipinski definition) is 2. The summed E-state index contributed by atoms with van der Waals surface area (Å²) in [6.07, 6.45) is 0.292. The van der Waals surface area contributed by atoms with Crippen LogP contribution in [0.3, 0.4) is 0 Å². The van der Waals surface area contributed by atoms with Crippen LogP contribution in [0.1, 0.15) is 19.4 Å². The minimum absolute atomic E-state index is 0.173. The Bertz CT molecular complexity index is 705. The van der Waals surface area contributed by atoms with Crippen LogP contribution >= 0.6 is 0 Å². The van der Waals surface area contributed by atoms with Crippen molar-refractivity contribution in [3.63, 3.8) is 0 Å². The molecule has 8 heteroatoms. The molecule has 0 aromatic heterocycles. The fourth-order valence-corrected chi connectivity index (χ4v) is 2.87. The van der Waals surface area contributed by atoms with Crippen LogP contribution in [0.4, 0.5) is 4.79 Å². The monoisotopic (exact) mass is 333 g/mol. The number of ether oxygens (including phenoxy) is 2. The van der Waals surface area contributed by atoms with Crippen LogP contribution < -0.4 is 20.1 Å². The summed E-state index contributed by atoms with van der Waals surface area (Å²) in [4.78, 5) is 37.3. The number of nitrogens with zero attached hydrogens (tertiary/aromatic N) is 1. The average molecular weight is 333 g/mol. The van der Waals surface area contributed by atoms with Crippen LogP contribution in [0.25, 0.3) is 0 Å². The number of rotatable bonds is 5. The zero-order valence-corrected chi connectivity index (χ0v) is 13.5. The Morgan fingerprint density at radius 2 is 2.08 bits per heavy atom. The third kappa shape index (κ3) is 2.86. The van der Waals surface area contributed by atoms with Crippen LogP contribution in [0, 0.1) is 0 Å². The van der Waals surface area contributed by atoms with Gasteiger partial charge in [-0.15, -0.1) is 0 Å². The summed E-state index contributed by atoms with van der Waals surface area (Å²) in [7, 11) is 0. The number of likely N-dealkylation sites (N-methyl/N-ethyl adjacent to an activating group) is 1. The molecule has 1 saturated heterocycles. The van der Waals surface area contributed by atoms with Gasteiger partial charge in [-0.3, -0.25) is 14.5 Å². The Balaban J connectivity index is 1.74. The van der Waals surface area contributed by atoms with E-state index in [2.05, 4.69) is 10.6 Å². The highest BCUT2D eigenvalue weighted by atomic mass is 16.7. The molecule has 2 aliphatic rings. The van der Waals surface area contributed by atoms with Crippen molar-refractivity contribution in [3.05, 3.63) is 23.8 Å². The van der Waals surface area contributed by atoms with Crippen molar-refractivity contribution < 1.29 is 23.9 Å². The number of imide groups is 1. The Kier molecular flexibility index (Phi) is 4.04. The molecule has 2 heterocycles. The van der Waals surface area contributed by atoms with Gasteiger partial charge < -0.3 is 20.1 Å². The summed E-state index contributed by atoms with van der Waals surface area (Å²) < 4.78 is 10.6. The predicted molar refractivity (Wildman–Crippen MR) is 83.6 cm³/mol. The van der Waals surface area contributed by atoms with E-state index in [4.69, 9.17) is 9.47 Å². The first-order valence-corrected chi connectivity index (χ1v) is 7.72. The van der Waals surface area contributed by atoms with Crippen molar-refractivity contribution in [3.8, 4) is 11.5 Å². The number of nitrogens with one attached hydrogen (secondary N) is 2. The molecule has 1 aromatic rings. The minimum atomic E-state index is -1.10. The van der Waals surface area contributed by atoms with E-state index in [9.17, 15) is 14.4 Å². The molecule has 0 saturated carbocycles. The molecule has 128 valence electrons. The lowest BCUT2D eigenvalue weighted by Gasteiger charge is -2.21. The Morgan fingerprint density at radius 1 is 1.33 bits per heavy atom. The van der Waals surface area contributed by atoms with E-state index < -0.39 is 17.5 Å². The van der Waals surface area contributed by atoms with Crippen LogP contribution in [0.15, 0.2) is 18.2 Å². The topological polar surface area (TPSA) is 97.0 Å². The SMILES string of the molecule is CCNC(=O)CN1C(=O)N[C@](C)(Cc2ccc3c(c2)OCO3)C1=O. The summed E-state index contributed by atoms with van der Waals surface area (Å²) in [5, 5.41) is 5.25. The summed E-state index contributed by atoms with van der Waals surface area (Å²) in [6.45, 7) is 3.75. The van der Waals surface area contributed by atoms with Gasteiger partial charge in [0.25, 0.3) is 5.91 Å². The lowest BCUT2D eigenvalue weighted by molar-refractivity contribution is -0.134. The Labute approximate surface area is 139 Å². The van der Waals surface area contributed by atoms with Crippen molar-refractivity contribution >= 4 is 17.8 Å². The third-order valence-corrected chi connectivity index (χ3v) is 4.02. The molecular formula is C16H19N3O5. The van der Waals surface area contributed by atoms with Crippen LogP contribution in [-0.2, 0) is 16.0 Å². The summed E-state index contributed by atoms with van der Waals surface area (Å²) in [6, 6.07) is 4.83. The first-order chi connectivity index (χ1) is 11.4. The van der Waals surface area contributed by atoms with Gasteiger partial charge in [-0.2, -0.15) is 0 Å². The quantitative estimate of drug-likeness (QED) is 0.761. The number of carbonyl (C=O) groups excluding carboxylic acids is 3. The van der Waals surface area contributed by atoms with E-state index in [1.54, 1.807) is 26.0 Å². The maximum atomic E-state index is 12.6. The Morgan fingerprint density at radius 3 is 2.83 bits per heavy atom. The molecule has 4 amide bonds. The fraction of sp³-hybridized carbons (Fsp3) is 0.438. The highest BCUT2D eigenvalue weighted by molar-refractivity contribution is 6.08. The largest absolute Gasteiger partial charge is 0.454 e. The van der Waals surface area contributed by atoms with E-state index in [0.29, 0.717) is 24.5 Å². The first kappa shape index (κ1) is 16.1. The van der Waals surface area contributed by atoms with Crippen molar-refractivity contribution in [2.24, 2.45) is 0 Å². The van der Waals surface area contributed by atoms with Gasteiger partial charge in [-0.25, -0.2) is 4.79 Å². The van der Waals surface area contributed by atoms with Gasteiger partial charge in [-0.05, 0) is 31.5 Å². The van der Waals surface area contributed by atoms with Gasteiger partial charge in [0, 0.05) is 13.0 Å². The summed E-state index contributed by atoms with van der Waals surface area (Å²) in [5.74, 6) is 0.486. The molecule has 24 heavy (non-hydrogen) atoms. The molecule has 0 bridgehead atoms. The molecule has 0 aliphatic carbocycles. The van der Waals surface area contributed by atoms with E-state index in [1.165, 1.54) is 0 Å². The highest BCUT2D eigenvalue weighted by Crippen LogP contribution is 2.34. The average Bonchev–Trinajstić information content (AvgIpc) is 3.06. The fourth-order valence-electron chi connectivity index (χ4n) is 2.87. The van der Waals surface area contributed by atoms with Crippen LogP contribution in [0.5, 0.6) is 11.5 Å². The molecule has 1 aromatic carbocycles. The standard InChI is InChI=1S/C16H19N3O5/c1-3-17-13(20)8-19-14(21)16(2,18-15(19)22)7-10-4-5-11-12(6-10)24-9-23-11/h4-6H,3,7-9H2,1-2H3,(H,17,20)(H,18,22)/t16-/m1/s1. The summed E-state index contributed by atoms with van der Waals surface area (Å²) >= 11 is 0. The Hall–Kier alpha value is -2.77. The van der Waals surface area contributed by atoms with Gasteiger partial charge in [0.1, 0.15) is 12.1 Å².